The number of carbonyl (C=O) groups excluding carboxylic acids is 2. The fraction of sp³-hybridized carbons (Fsp3) is 0.310. The minimum absolute atomic E-state index is 0.0429. The van der Waals surface area contributed by atoms with Gasteiger partial charge < -0.3 is 9.73 Å². The van der Waals surface area contributed by atoms with Gasteiger partial charge in [0.1, 0.15) is 5.76 Å². The zero-order valence-corrected chi connectivity index (χ0v) is 22.3. The van der Waals surface area contributed by atoms with Gasteiger partial charge in [-0.3, -0.25) is 19.0 Å². The number of rotatable bonds is 9. The van der Waals surface area contributed by atoms with E-state index in [2.05, 4.69) is 5.32 Å². The lowest BCUT2D eigenvalue weighted by Crippen LogP contribution is -2.34. The minimum atomic E-state index is -0.102. The normalized spacial score (nSPS) is 17.4. The molecule has 0 spiro atoms. The van der Waals surface area contributed by atoms with Gasteiger partial charge in [0.15, 0.2) is 10.9 Å². The van der Waals surface area contributed by atoms with E-state index in [-0.39, 0.29) is 34.8 Å². The van der Waals surface area contributed by atoms with Crippen molar-refractivity contribution in [1.29, 1.82) is 0 Å². The predicted octanol–water partition coefficient (Wildman–Crippen LogP) is 5.74. The quantitative estimate of drug-likeness (QED) is 0.162. The number of ketones is 1. The number of nitrogens with one attached hydrogen (secondary N) is 1. The van der Waals surface area contributed by atoms with Crippen LogP contribution in [0.5, 0.6) is 0 Å². The number of fused-ring (bicyclic) bond motifs is 1. The Hall–Kier alpha value is -3.36. The molecule has 1 amide bonds. The Bertz CT molecular complexity index is 1480. The smallest absolute Gasteiger partial charge is 0.262 e. The second kappa shape index (κ2) is 12.0. The van der Waals surface area contributed by atoms with Gasteiger partial charge in [0, 0.05) is 23.0 Å². The molecule has 9 heteroatoms. The molecule has 1 N–H and O–H groups in total. The van der Waals surface area contributed by atoms with Crippen LogP contribution in [0, 0.1) is 11.8 Å². The number of para-hydroxylation sites is 1. The van der Waals surface area contributed by atoms with E-state index in [0.717, 1.165) is 31.4 Å². The number of halogens is 1. The number of aromatic nitrogens is 2. The van der Waals surface area contributed by atoms with E-state index in [1.54, 1.807) is 47.2 Å². The SMILES string of the molecule is O=C(CSc1nc2ccccc2c(=O)n1CC1CCC(C(=O)NCc2ccco2)CC1)c1ccc(Cl)cc1. The van der Waals surface area contributed by atoms with Gasteiger partial charge in [0.05, 0.1) is 29.5 Å². The van der Waals surface area contributed by atoms with Crippen molar-refractivity contribution in [2.24, 2.45) is 11.8 Å². The van der Waals surface area contributed by atoms with E-state index < -0.39 is 0 Å². The number of furan rings is 1. The number of Topliss-reactive ketones (excluding diaryl/α,β-unsaturated/α-hetero) is 1. The van der Waals surface area contributed by atoms with E-state index >= 15 is 0 Å². The highest BCUT2D eigenvalue weighted by atomic mass is 35.5. The van der Waals surface area contributed by atoms with E-state index in [0.29, 0.717) is 39.7 Å². The molecule has 7 nitrogen and oxygen atoms in total. The Kier molecular flexibility index (Phi) is 8.29. The Morgan fingerprint density at radius 1 is 1.03 bits per heavy atom. The predicted molar refractivity (Wildman–Crippen MR) is 149 cm³/mol. The number of hydrogen-bond acceptors (Lipinski definition) is 6. The van der Waals surface area contributed by atoms with Crippen molar-refractivity contribution in [3.63, 3.8) is 0 Å². The molecule has 196 valence electrons. The van der Waals surface area contributed by atoms with Crippen molar-refractivity contribution < 1.29 is 14.0 Å². The first kappa shape index (κ1) is 26.3. The molecule has 1 aliphatic rings. The molecular weight excluding hydrogens is 522 g/mol. The second-order valence-electron chi connectivity index (χ2n) is 9.56. The zero-order valence-electron chi connectivity index (χ0n) is 20.8. The average Bonchev–Trinajstić information content (AvgIpc) is 3.47. The molecule has 4 aromatic rings. The molecule has 5 rings (SSSR count). The van der Waals surface area contributed by atoms with Gasteiger partial charge in [-0.05, 0) is 80.1 Å². The van der Waals surface area contributed by atoms with Crippen LogP contribution in [0.4, 0.5) is 0 Å². The molecule has 0 saturated heterocycles. The van der Waals surface area contributed by atoms with Crippen LogP contribution in [-0.2, 0) is 17.9 Å². The molecule has 38 heavy (non-hydrogen) atoms. The monoisotopic (exact) mass is 549 g/mol. The van der Waals surface area contributed by atoms with Crippen molar-refractivity contribution in [1.82, 2.24) is 14.9 Å². The number of hydrogen-bond donors (Lipinski definition) is 1. The molecule has 0 unspecified atom stereocenters. The van der Waals surface area contributed by atoms with Crippen LogP contribution < -0.4 is 10.9 Å². The summed E-state index contributed by atoms with van der Waals surface area (Å²) < 4.78 is 7.00. The van der Waals surface area contributed by atoms with Gasteiger partial charge in [-0.1, -0.05) is 35.5 Å². The third-order valence-electron chi connectivity index (χ3n) is 7.00. The van der Waals surface area contributed by atoms with Crippen molar-refractivity contribution in [2.45, 2.75) is 43.9 Å². The average molecular weight is 550 g/mol. The van der Waals surface area contributed by atoms with Crippen LogP contribution >= 0.6 is 23.4 Å². The fourth-order valence-corrected chi connectivity index (χ4v) is 5.89. The third kappa shape index (κ3) is 6.19. The Morgan fingerprint density at radius 2 is 1.79 bits per heavy atom. The first-order valence-electron chi connectivity index (χ1n) is 12.7. The van der Waals surface area contributed by atoms with Crippen LogP contribution in [-0.4, -0.2) is 27.0 Å². The van der Waals surface area contributed by atoms with Gasteiger partial charge in [0.2, 0.25) is 5.91 Å². The Labute approximate surface area is 229 Å². The summed E-state index contributed by atoms with van der Waals surface area (Å²) in [6, 6.07) is 17.7. The van der Waals surface area contributed by atoms with Crippen LogP contribution in [0.3, 0.4) is 0 Å². The van der Waals surface area contributed by atoms with Crippen LogP contribution in [0.1, 0.15) is 41.8 Å². The highest BCUT2D eigenvalue weighted by Gasteiger charge is 2.27. The molecule has 2 heterocycles. The van der Waals surface area contributed by atoms with Gasteiger partial charge >= 0.3 is 0 Å². The molecule has 1 saturated carbocycles. The highest BCUT2D eigenvalue weighted by Crippen LogP contribution is 2.31. The number of nitrogens with zero attached hydrogens (tertiary/aromatic N) is 2. The van der Waals surface area contributed by atoms with Crippen LogP contribution in [0.25, 0.3) is 10.9 Å². The molecular formula is C29H28ClN3O4S. The summed E-state index contributed by atoms with van der Waals surface area (Å²) in [5, 5.41) is 4.63. The number of carbonyl (C=O) groups is 2. The van der Waals surface area contributed by atoms with Crippen molar-refractivity contribution in [2.75, 3.05) is 5.75 Å². The van der Waals surface area contributed by atoms with E-state index in [4.69, 9.17) is 21.0 Å². The summed E-state index contributed by atoms with van der Waals surface area (Å²) >= 11 is 7.23. The molecule has 0 aliphatic heterocycles. The topological polar surface area (TPSA) is 94.2 Å². The summed E-state index contributed by atoms with van der Waals surface area (Å²) in [5.74, 6) is 1.09. The van der Waals surface area contributed by atoms with Crippen molar-refractivity contribution >= 4 is 46.0 Å². The summed E-state index contributed by atoms with van der Waals surface area (Å²) in [6.45, 7) is 0.897. The largest absolute Gasteiger partial charge is 0.467 e. The van der Waals surface area contributed by atoms with Crippen LogP contribution in [0.2, 0.25) is 5.02 Å². The maximum absolute atomic E-state index is 13.5. The molecule has 1 aliphatic carbocycles. The summed E-state index contributed by atoms with van der Waals surface area (Å²) in [4.78, 5) is 43.7. The maximum atomic E-state index is 13.5. The van der Waals surface area contributed by atoms with Crippen molar-refractivity contribution in [3.05, 3.63) is 93.6 Å². The van der Waals surface area contributed by atoms with Gasteiger partial charge in [-0.15, -0.1) is 0 Å². The number of amides is 1. The molecule has 0 bridgehead atoms. The maximum Gasteiger partial charge on any atom is 0.262 e. The third-order valence-corrected chi connectivity index (χ3v) is 8.23. The lowest BCUT2D eigenvalue weighted by Gasteiger charge is -2.28. The van der Waals surface area contributed by atoms with Gasteiger partial charge in [0.25, 0.3) is 5.56 Å². The molecule has 1 fully saturated rings. The second-order valence-corrected chi connectivity index (χ2v) is 10.9. The summed E-state index contributed by atoms with van der Waals surface area (Å²) in [5.41, 5.74) is 1.09. The first-order chi connectivity index (χ1) is 18.5. The summed E-state index contributed by atoms with van der Waals surface area (Å²) in [7, 11) is 0. The van der Waals surface area contributed by atoms with Crippen LogP contribution in [0.15, 0.2) is 81.3 Å². The van der Waals surface area contributed by atoms with Gasteiger partial charge in [-0.25, -0.2) is 4.98 Å². The Morgan fingerprint density at radius 3 is 2.53 bits per heavy atom. The number of thioether (sulfide) groups is 1. The highest BCUT2D eigenvalue weighted by molar-refractivity contribution is 7.99. The molecule has 0 radical (unpaired) electrons. The zero-order chi connectivity index (χ0) is 26.5. The lowest BCUT2D eigenvalue weighted by atomic mass is 9.81. The first-order valence-corrected chi connectivity index (χ1v) is 14.1. The fourth-order valence-electron chi connectivity index (χ4n) is 4.87. The Balaban J connectivity index is 1.27. The minimum Gasteiger partial charge on any atom is -0.467 e. The van der Waals surface area contributed by atoms with E-state index in [1.807, 2.05) is 24.3 Å². The molecule has 2 aromatic carbocycles. The number of benzene rings is 2. The van der Waals surface area contributed by atoms with Gasteiger partial charge in [-0.2, -0.15) is 0 Å². The molecule has 0 atom stereocenters. The van der Waals surface area contributed by atoms with E-state index in [1.165, 1.54) is 11.8 Å². The van der Waals surface area contributed by atoms with E-state index in [9.17, 15) is 14.4 Å². The summed E-state index contributed by atoms with van der Waals surface area (Å²) in [6.07, 6.45) is 4.80. The lowest BCUT2D eigenvalue weighted by molar-refractivity contribution is -0.126. The van der Waals surface area contributed by atoms with Crippen molar-refractivity contribution in [3.8, 4) is 0 Å². The molecule has 2 aromatic heterocycles. The standard InChI is InChI=1S/C29H28ClN3O4S/c30-22-13-11-20(12-14-22)26(34)18-38-29-32-25-6-2-1-5-24(25)28(36)33(29)17-19-7-9-21(10-8-19)27(35)31-16-23-4-3-15-37-23/h1-6,11-15,19,21H,7-10,16-18H2,(H,31,35).